The fourth-order valence-electron chi connectivity index (χ4n) is 4.21. The summed E-state index contributed by atoms with van der Waals surface area (Å²) in [6.45, 7) is 5.55. The van der Waals surface area contributed by atoms with E-state index in [1.54, 1.807) is 6.07 Å². The third kappa shape index (κ3) is 5.64. The highest BCUT2D eigenvalue weighted by atomic mass is 32.2. The summed E-state index contributed by atoms with van der Waals surface area (Å²) in [6, 6.07) is 10.3. The molecular weight excluding hydrogens is 551 g/mol. The van der Waals surface area contributed by atoms with Crippen LogP contribution in [0.15, 0.2) is 59.5 Å². The molecule has 3 aromatic carbocycles. The van der Waals surface area contributed by atoms with Gasteiger partial charge >= 0.3 is 11.9 Å². The molecule has 0 aromatic heterocycles. The summed E-state index contributed by atoms with van der Waals surface area (Å²) in [5.74, 6) is -0.449. The van der Waals surface area contributed by atoms with E-state index in [0.717, 1.165) is 24.3 Å². The number of sulfonamides is 1. The van der Waals surface area contributed by atoms with E-state index in [9.17, 15) is 36.5 Å². The van der Waals surface area contributed by atoms with Gasteiger partial charge in [0, 0.05) is 34.1 Å². The van der Waals surface area contributed by atoms with Crippen molar-refractivity contribution < 1.29 is 36.0 Å². The van der Waals surface area contributed by atoms with E-state index >= 15 is 0 Å². The number of alkyl halides is 3. The molecule has 0 atom stereocenters. The van der Waals surface area contributed by atoms with Gasteiger partial charge in [0.2, 0.25) is 5.75 Å². The van der Waals surface area contributed by atoms with E-state index in [2.05, 4.69) is 10.0 Å². The Bertz CT molecular complexity index is 1660. The molecule has 0 radical (unpaired) electrons. The first-order chi connectivity index (χ1) is 18.5. The zero-order chi connectivity index (χ0) is 29.6. The van der Waals surface area contributed by atoms with Crippen molar-refractivity contribution in [2.24, 2.45) is 0 Å². The first-order valence-electron chi connectivity index (χ1n) is 11.8. The molecule has 1 amide bonds. The topological polar surface area (TPSA) is 128 Å². The predicted molar refractivity (Wildman–Crippen MR) is 144 cm³/mol. The number of nitrogens with zero attached hydrogens (tertiary/aromatic N) is 1. The number of nitro benzene ring substituents is 1. The Morgan fingerprint density at radius 2 is 1.68 bits per heavy atom. The molecule has 0 aliphatic carbocycles. The molecule has 2 N–H and O–H groups in total. The van der Waals surface area contributed by atoms with Crippen molar-refractivity contribution >= 4 is 44.6 Å². The van der Waals surface area contributed by atoms with Gasteiger partial charge in [-0.1, -0.05) is 20.8 Å². The summed E-state index contributed by atoms with van der Waals surface area (Å²) in [6.07, 6.45) is -3.15. The van der Waals surface area contributed by atoms with E-state index in [0.29, 0.717) is 16.8 Å². The van der Waals surface area contributed by atoms with E-state index in [-0.39, 0.29) is 33.2 Å². The number of anilines is 2. The van der Waals surface area contributed by atoms with Crippen LogP contribution in [0.4, 0.5) is 30.2 Å². The summed E-state index contributed by atoms with van der Waals surface area (Å²) < 4.78 is 72.1. The molecule has 13 heteroatoms. The van der Waals surface area contributed by atoms with Gasteiger partial charge in [-0.05, 0) is 65.6 Å². The van der Waals surface area contributed by atoms with Gasteiger partial charge in [-0.15, -0.1) is 0 Å². The number of halogens is 3. The van der Waals surface area contributed by atoms with Crippen LogP contribution in [0.25, 0.3) is 11.6 Å². The lowest BCUT2D eigenvalue weighted by molar-refractivity contribution is -0.385. The molecule has 40 heavy (non-hydrogen) atoms. The molecule has 0 saturated carbocycles. The standard InChI is InChI=1S/C27H24F3N3O6S/c1-26(2,3)21-12-15(13-23(33(35)36)24(21)39-4)11-20-19-14-18(9-10-22(19)31-25(20)34)40(37,38)32-17-7-5-16(6-8-17)27(28,29)30/h5-14,32H,1-4H3,(H,31,34). The average molecular weight is 576 g/mol. The second kappa shape index (κ2) is 9.97. The van der Waals surface area contributed by atoms with Gasteiger partial charge in [0.05, 0.1) is 22.5 Å². The second-order valence-electron chi connectivity index (χ2n) is 10.0. The number of ether oxygens (including phenoxy) is 1. The Balaban J connectivity index is 1.75. The summed E-state index contributed by atoms with van der Waals surface area (Å²) >= 11 is 0. The Labute approximate surface area is 227 Å². The average Bonchev–Trinajstić information content (AvgIpc) is 3.16. The number of amides is 1. The second-order valence-corrected chi connectivity index (χ2v) is 11.7. The number of hydrogen-bond donors (Lipinski definition) is 2. The van der Waals surface area contributed by atoms with E-state index < -0.39 is 38.0 Å². The van der Waals surface area contributed by atoms with E-state index in [4.69, 9.17) is 4.74 Å². The van der Waals surface area contributed by atoms with Gasteiger partial charge in [0.1, 0.15) is 0 Å². The first-order valence-corrected chi connectivity index (χ1v) is 13.2. The van der Waals surface area contributed by atoms with E-state index in [1.807, 2.05) is 20.8 Å². The fraction of sp³-hybridized carbons (Fsp3) is 0.222. The van der Waals surface area contributed by atoms with Crippen molar-refractivity contribution in [1.82, 2.24) is 0 Å². The van der Waals surface area contributed by atoms with Crippen molar-refractivity contribution in [3.63, 3.8) is 0 Å². The molecule has 3 aromatic rings. The van der Waals surface area contributed by atoms with Crippen LogP contribution in [0.3, 0.4) is 0 Å². The fourth-order valence-corrected chi connectivity index (χ4v) is 5.30. The minimum Gasteiger partial charge on any atom is -0.490 e. The van der Waals surface area contributed by atoms with Crippen LogP contribution in [-0.2, 0) is 26.4 Å². The summed E-state index contributed by atoms with van der Waals surface area (Å²) in [7, 11) is -2.92. The number of benzene rings is 3. The largest absolute Gasteiger partial charge is 0.490 e. The van der Waals surface area contributed by atoms with Crippen molar-refractivity contribution in [3.05, 3.63) is 87.0 Å². The predicted octanol–water partition coefficient (Wildman–Crippen LogP) is 6.21. The molecule has 0 spiro atoms. The van der Waals surface area contributed by atoms with Crippen molar-refractivity contribution in [1.29, 1.82) is 0 Å². The zero-order valence-electron chi connectivity index (χ0n) is 21.7. The van der Waals surface area contributed by atoms with Crippen molar-refractivity contribution in [2.75, 3.05) is 17.1 Å². The number of methoxy groups -OCH3 is 1. The Hall–Kier alpha value is -4.39. The molecule has 1 aliphatic rings. The number of hydrogen-bond acceptors (Lipinski definition) is 6. The summed E-state index contributed by atoms with van der Waals surface area (Å²) in [5, 5.41) is 14.4. The van der Waals surface area contributed by atoms with Crippen LogP contribution in [0.1, 0.15) is 43.0 Å². The molecule has 1 heterocycles. The molecule has 0 unspecified atom stereocenters. The third-order valence-electron chi connectivity index (χ3n) is 6.16. The number of fused-ring (bicyclic) bond motifs is 1. The maximum absolute atomic E-state index is 13.0. The smallest absolute Gasteiger partial charge is 0.416 e. The van der Waals surface area contributed by atoms with Crippen LogP contribution in [0.5, 0.6) is 5.75 Å². The minimum atomic E-state index is -4.57. The van der Waals surface area contributed by atoms with Gasteiger partial charge in [-0.2, -0.15) is 13.2 Å². The zero-order valence-corrected chi connectivity index (χ0v) is 22.5. The molecule has 0 fully saturated rings. The lowest BCUT2D eigenvalue weighted by Gasteiger charge is -2.22. The number of carbonyl (C=O) groups is 1. The quantitative estimate of drug-likeness (QED) is 0.204. The minimum absolute atomic E-state index is 0.0703. The van der Waals surface area contributed by atoms with Crippen LogP contribution in [-0.4, -0.2) is 26.4 Å². The lowest BCUT2D eigenvalue weighted by Crippen LogP contribution is -2.14. The highest BCUT2D eigenvalue weighted by molar-refractivity contribution is 7.92. The van der Waals surface area contributed by atoms with Gasteiger partial charge in [0.15, 0.2) is 0 Å². The number of nitrogens with one attached hydrogen (secondary N) is 2. The Kier molecular flexibility index (Phi) is 7.13. The highest BCUT2D eigenvalue weighted by Crippen LogP contribution is 2.41. The third-order valence-corrected chi connectivity index (χ3v) is 7.54. The highest BCUT2D eigenvalue weighted by Gasteiger charge is 2.31. The van der Waals surface area contributed by atoms with Crippen LogP contribution >= 0.6 is 0 Å². The van der Waals surface area contributed by atoms with E-state index in [1.165, 1.54) is 37.5 Å². The van der Waals surface area contributed by atoms with Crippen molar-refractivity contribution in [3.8, 4) is 5.75 Å². The first kappa shape index (κ1) is 28.6. The maximum atomic E-state index is 13.0. The molecule has 0 saturated heterocycles. The monoisotopic (exact) mass is 575 g/mol. The van der Waals surface area contributed by atoms with Crippen molar-refractivity contribution in [2.45, 2.75) is 37.3 Å². The number of carbonyl (C=O) groups excluding carboxylic acids is 1. The van der Waals surface area contributed by atoms with Crippen LogP contribution in [0, 0.1) is 10.1 Å². The molecule has 9 nitrogen and oxygen atoms in total. The number of nitro groups is 1. The summed E-state index contributed by atoms with van der Waals surface area (Å²) in [5.41, 5.74) is -0.373. The van der Waals surface area contributed by atoms with Gasteiger partial charge < -0.3 is 10.1 Å². The van der Waals surface area contributed by atoms with Crippen LogP contribution in [0.2, 0.25) is 0 Å². The van der Waals surface area contributed by atoms with Gasteiger partial charge in [-0.3, -0.25) is 19.6 Å². The molecule has 0 bridgehead atoms. The lowest BCUT2D eigenvalue weighted by atomic mass is 9.84. The maximum Gasteiger partial charge on any atom is 0.416 e. The molecule has 4 rings (SSSR count). The molecular formula is C27H24F3N3O6S. The molecule has 1 aliphatic heterocycles. The SMILES string of the molecule is COc1c([N+](=O)[O-])cc(C=C2C(=O)Nc3ccc(S(=O)(=O)Nc4ccc(C(F)(F)F)cc4)cc32)cc1C(C)(C)C. The Morgan fingerprint density at radius 1 is 1.02 bits per heavy atom. The summed E-state index contributed by atoms with van der Waals surface area (Å²) in [4.78, 5) is 23.8. The van der Waals surface area contributed by atoms with Crippen LogP contribution < -0.4 is 14.8 Å². The molecule has 210 valence electrons. The Morgan fingerprint density at radius 3 is 2.23 bits per heavy atom. The normalized spacial score (nSPS) is 14.6. The number of rotatable bonds is 6. The van der Waals surface area contributed by atoms with Gasteiger partial charge in [0.25, 0.3) is 15.9 Å². The van der Waals surface area contributed by atoms with Gasteiger partial charge in [-0.25, -0.2) is 8.42 Å².